The van der Waals surface area contributed by atoms with E-state index >= 15 is 0 Å². The van der Waals surface area contributed by atoms with Crippen molar-refractivity contribution in [3.05, 3.63) is 59.7 Å². The third-order valence-corrected chi connectivity index (χ3v) is 6.96. The van der Waals surface area contributed by atoms with Gasteiger partial charge in [-0.15, -0.1) is 0 Å². The number of benzene rings is 2. The van der Waals surface area contributed by atoms with Crippen molar-refractivity contribution in [2.75, 3.05) is 0 Å². The number of rotatable bonds is 12. The minimum atomic E-state index is -4.33. The zero-order valence-electron chi connectivity index (χ0n) is 19.3. The Kier molecular flexibility index (Phi) is 15.8. The van der Waals surface area contributed by atoms with Crippen molar-refractivity contribution < 1.29 is 43.0 Å². The molecule has 0 saturated carbocycles. The number of hydrogen-bond acceptors (Lipinski definition) is 6. The van der Waals surface area contributed by atoms with Crippen LogP contribution < -0.4 is 0 Å². The van der Waals surface area contributed by atoms with Gasteiger partial charge in [-0.05, 0) is 48.9 Å². The first-order valence-electron chi connectivity index (χ1n) is 11.2. The van der Waals surface area contributed by atoms with Crippen LogP contribution in [0.1, 0.15) is 76.3 Å². The van der Waals surface area contributed by atoms with Gasteiger partial charge in [-0.25, -0.2) is 16.8 Å². The molecule has 0 aliphatic carbocycles. The first kappa shape index (κ1) is 31.8. The normalized spacial score (nSPS) is 11.3. The summed E-state index contributed by atoms with van der Waals surface area (Å²) in [5, 5.41) is 0. The van der Waals surface area contributed by atoms with E-state index in [1.807, 2.05) is 0 Å². The predicted octanol–water partition coefficient (Wildman–Crippen LogP) is 5.42. The Balaban J connectivity index is 0.000000602. The van der Waals surface area contributed by atoms with E-state index < -0.39 is 20.2 Å². The molecule has 0 aliphatic rings. The van der Waals surface area contributed by atoms with Crippen LogP contribution in [-0.2, 0) is 50.1 Å². The average Bonchev–Trinajstić information content (AvgIpc) is 2.74. The Hall–Kier alpha value is -1.22. The van der Waals surface area contributed by atoms with Crippen LogP contribution in [0.25, 0.3) is 0 Å². The van der Waals surface area contributed by atoms with Crippen LogP contribution in [0.3, 0.4) is 0 Å². The molecule has 0 amide bonds. The quantitative estimate of drug-likeness (QED) is 0.202. The molecule has 9 heteroatoms. The standard InChI is InChI=1S/2C12H18O3S.Fe/c2*1-2-3-4-5-8-11-9-6-7-10-12(11)16(13,14)15;/h2*6-7,9-10H,2-5,8H2,1H3,(H,13,14,15);/q;;+2/p-2. The largest absolute Gasteiger partial charge is 2.00 e. The Morgan fingerprint density at radius 2 is 0.909 bits per heavy atom. The fourth-order valence-corrected chi connectivity index (χ4v) is 4.87. The van der Waals surface area contributed by atoms with E-state index in [-0.39, 0.29) is 26.9 Å². The van der Waals surface area contributed by atoms with Crippen molar-refractivity contribution in [3.63, 3.8) is 0 Å². The third kappa shape index (κ3) is 12.7. The SMILES string of the molecule is CCCCCCc1ccccc1S(=O)(=O)[O-].CCCCCCc1ccccc1S(=O)(=O)[O-].[Fe+2]. The van der Waals surface area contributed by atoms with Crippen LogP contribution in [-0.4, -0.2) is 25.9 Å². The molecule has 0 radical (unpaired) electrons. The van der Waals surface area contributed by atoms with Crippen LogP contribution >= 0.6 is 0 Å². The summed E-state index contributed by atoms with van der Waals surface area (Å²) in [6.45, 7) is 4.24. The van der Waals surface area contributed by atoms with Crippen molar-refractivity contribution in [1.29, 1.82) is 0 Å². The molecule has 33 heavy (non-hydrogen) atoms. The zero-order valence-corrected chi connectivity index (χ0v) is 22.0. The molecule has 0 atom stereocenters. The van der Waals surface area contributed by atoms with E-state index in [1.54, 1.807) is 36.4 Å². The van der Waals surface area contributed by atoms with Gasteiger partial charge in [-0.1, -0.05) is 88.8 Å². The maximum atomic E-state index is 11.0. The van der Waals surface area contributed by atoms with Gasteiger partial charge >= 0.3 is 17.1 Å². The molecule has 2 aromatic rings. The Bertz CT molecular complexity index is 937. The van der Waals surface area contributed by atoms with Crippen LogP contribution in [0.2, 0.25) is 0 Å². The van der Waals surface area contributed by atoms with Gasteiger partial charge in [0.25, 0.3) is 0 Å². The van der Waals surface area contributed by atoms with Gasteiger partial charge in [0.05, 0.1) is 9.79 Å². The van der Waals surface area contributed by atoms with E-state index in [0.717, 1.165) is 51.4 Å². The third-order valence-electron chi connectivity index (χ3n) is 5.08. The minimum Gasteiger partial charge on any atom is -0.744 e. The molecule has 0 saturated heterocycles. The van der Waals surface area contributed by atoms with Gasteiger partial charge in [0.15, 0.2) is 0 Å². The van der Waals surface area contributed by atoms with Gasteiger partial charge < -0.3 is 9.11 Å². The summed E-state index contributed by atoms with van der Waals surface area (Å²) >= 11 is 0. The molecule has 0 heterocycles. The minimum absolute atomic E-state index is 0. The Morgan fingerprint density at radius 3 is 1.21 bits per heavy atom. The van der Waals surface area contributed by atoms with Crippen molar-refractivity contribution in [1.82, 2.24) is 0 Å². The zero-order chi connectivity index (χ0) is 24.0. The number of aryl methyl sites for hydroxylation is 2. The van der Waals surface area contributed by atoms with Crippen molar-refractivity contribution in [2.45, 2.75) is 87.8 Å². The first-order chi connectivity index (χ1) is 15.1. The molecular formula is C24H34FeO6S2. The van der Waals surface area contributed by atoms with Crippen molar-refractivity contribution >= 4 is 20.2 Å². The molecule has 0 aliphatic heterocycles. The molecule has 0 spiro atoms. The molecule has 6 nitrogen and oxygen atoms in total. The van der Waals surface area contributed by atoms with Crippen molar-refractivity contribution in [3.8, 4) is 0 Å². The molecule has 0 unspecified atom stereocenters. The van der Waals surface area contributed by atoms with Crippen LogP contribution in [0.15, 0.2) is 58.3 Å². The van der Waals surface area contributed by atoms with Crippen molar-refractivity contribution in [2.24, 2.45) is 0 Å². The first-order valence-corrected chi connectivity index (χ1v) is 14.0. The Morgan fingerprint density at radius 1 is 0.576 bits per heavy atom. The van der Waals surface area contributed by atoms with Gasteiger partial charge in [0.1, 0.15) is 20.2 Å². The summed E-state index contributed by atoms with van der Waals surface area (Å²) in [5.41, 5.74) is 1.29. The number of unbranched alkanes of at least 4 members (excludes halogenated alkanes) is 6. The van der Waals surface area contributed by atoms with Gasteiger partial charge in [-0.2, -0.15) is 0 Å². The maximum absolute atomic E-state index is 11.0. The molecule has 0 N–H and O–H groups in total. The second-order valence-electron chi connectivity index (χ2n) is 7.75. The smallest absolute Gasteiger partial charge is 0.744 e. The summed E-state index contributed by atoms with van der Waals surface area (Å²) in [6, 6.07) is 12.9. The molecule has 0 fully saturated rings. The van der Waals surface area contributed by atoms with E-state index in [9.17, 15) is 25.9 Å². The molecule has 2 aromatic carbocycles. The van der Waals surface area contributed by atoms with Crippen LogP contribution in [0.4, 0.5) is 0 Å². The molecular weight excluding hydrogens is 504 g/mol. The molecule has 0 aromatic heterocycles. The predicted molar refractivity (Wildman–Crippen MR) is 125 cm³/mol. The molecule has 186 valence electrons. The molecule has 2 rings (SSSR count). The fraction of sp³-hybridized carbons (Fsp3) is 0.500. The van der Waals surface area contributed by atoms with Gasteiger partial charge in [0, 0.05) is 0 Å². The second-order valence-corrected chi connectivity index (χ2v) is 10.4. The van der Waals surface area contributed by atoms with E-state index in [1.165, 1.54) is 12.1 Å². The van der Waals surface area contributed by atoms with E-state index in [4.69, 9.17) is 0 Å². The van der Waals surface area contributed by atoms with Gasteiger partial charge in [-0.3, -0.25) is 0 Å². The Labute approximate surface area is 210 Å². The van der Waals surface area contributed by atoms with E-state index in [0.29, 0.717) is 24.0 Å². The van der Waals surface area contributed by atoms with Crippen LogP contribution in [0.5, 0.6) is 0 Å². The fourth-order valence-electron chi connectivity index (χ4n) is 3.39. The maximum Gasteiger partial charge on any atom is 2.00 e. The summed E-state index contributed by atoms with van der Waals surface area (Å²) in [7, 11) is -8.65. The second kappa shape index (κ2) is 16.4. The summed E-state index contributed by atoms with van der Waals surface area (Å²) in [4.78, 5) is -0.127. The van der Waals surface area contributed by atoms with Crippen LogP contribution in [0, 0.1) is 0 Å². The monoisotopic (exact) mass is 538 g/mol. The van der Waals surface area contributed by atoms with Gasteiger partial charge in [0.2, 0.25) is 0 Å². The average molecular weight is 539 g/mol. The number of hydrogen-bond donors (Lipinski definition) is 0. The summed E-state index contributed by atoms with van der Waals surface area (Å²) in [6.07, 6.45) is 9.91. The molecule has 0 bridgehead atoms. The van der Waals surface area contributed by atoms with E-state index in [2.05, 4.69) is 13.8 Å². The summed E-state index contributed by atoms with van der Waals surface area (Å²) < 4.78 is 65.9. The summed E-state index contributed by atoms with van der Waals surface area (Å²) in [5.74, 6) is 0. The topological polar surface area (TPSA) is 114 Å².